The van der Waals surface area contributed by atoms with E-state index in [9.17, 15) is 14.4 Å². The number of nitrogens with zero attached hydrogens (tertiary/aromatic N) is 6. The van der Waals surface area contributed by atoms with Crippen LogP contribution < -0.4 is 5.73 Å². The highest BCUT2D eigenvalue weighted by atomic mass is 32.2. The molecule has 1 aromatic rings. The van der Waals surface area contributed by atoms with E-state index in [4.69, 9.17) is 19.9 Å². The normalized spacial score (nSPS) is 25.8. The third kappa shape index (κ3) is 7.05. The number of hydrogen-bond donors (Lipinski definition) is 1. The lowest BCUT2D eigenvalue weighted by Crippen LogP contribution is -2.79. The molecule has 4 aliphatic rings. The van der Waals surface area contributed by atoms with Crippen LogP contribution in [0.2, 0.25) is 0 Å². The summed E-state index contributed by atoms with van der Waals surface area (Å²) in [5.74, 6) is -0.439. The molecule has 0 bridgehead atoms. The molecule has 0 aromatic carbocycles. The van der Waals surface area contributed by atoms with Gasteiger partial charge in [-0.15, -0.1) is 16.9 Å². The lowest BCUT2D eigenvalue weighted by Gasteiger charge is -2.54. The first-order valence-electron chi connectivity index (χ1n) is 14.8. The Morgan fingerprint density at radius 1 is 1.14 bits per heavy atom. The van der Waals surface area contributed by atoms with Gasteiger partial charge in [0.05, 0.1) is 6.54 Å². The fourth-order valence-electron chi connectivity index (χ4n) is 5.84. The Bertz CT molecular complexity index is 1150. The summed E-state index contributed by atoms with van der Waals surface area (Å²) in [5.41, 5.74) is 5.58. The highest BCUT2D eigenvalue weighted by Gasteiger charge is 2.62. The number of hydrogen-bond acceptors (Lipinski definition) is 13. The van der Waals surface area contributed by atoms with Crippen molar-refractivity contribution in [1.82, 2.24) is 30.0 Å². The molecule has 2 aliphatic carbocycles. The maximum Gasteiger partial charge on any atom is 0.511 e. The first kappa shape index (κ1) is 31.1. The number of β-lactam (4-membered cyclic amide) rings is 1. The molecule has 0 spiro atoms. The van der Waals surface area contributed by atoms with Crippen LogP contribution in [0.15, 0.2) is 16.9 Å². The van der Waals surface area contributed by atoms with Crippen LogP contribution in [0.1, 0.15) is 64.2 Å². The Kier molecular flexibility index (Phi) is 10.3. The summed E-state index contributed by atoms with van der Waals surface area (Å²) in [6, 6.07) is 0. The van der Waals surface area contributed by atoms with Gasteiger partial charge in [0.1, 0.15) is 22.7 Å². The molecule has 232 valence electrons. The van der Waals surface area contributed by atoms with Crippen LogP contribution >= 0.6 is 23.5 Å². The van der Waals surface area contributed by atoms with Crippen molar-refractivity contribution >= 4 is 41.6 Å². The largest absolute Gasteiger partial charge is 0.511 e. The molecule has 3 fully saturated rings. The Morgan fingerprint density at radius 3 is 2.57 bits per heavy atom. The van der Waals surface area contributed by atoms with Crippen LogP contribution in [-0.2, 0) is 30.3 Å². The number of ether oxygens (including phenoxy) is 3. The standard InChI is InChI=1S/C27H41N7O6S2/c1-32(2)14-15-33-25(29-30-31-33)42-17-27(28)23(36)34-20(13-16-41-24(27)34)21(35)39-22(18-9-5-3-6-10-18)40-26(37)38-19-11-7-4-8-12-19/h13,18-19,22,24H,3-12,14-17,28H2,1-2H3/t22?,24-,27+/m0/s1. The molecule has 1 amide bonds. The number of thioether (sulfide) groups is 2. The van der Waals surface area contributed by atoms with Crippen molar-refractivity contribution in [2.75, 3.05) is 32.1 Å². The number of likely N-dealkylation sites (N-methyl/N-ethyl adjacent to an activating group) is 1. The quantitative estimate of drug-likeness (QED) is 0.166. The first-order chi connectivity index (χ1) is 20.3. The van der Waals surface area contributed by atoms with Crippen LogP contribution in [-0.4, -0.2) is 103 Å². The van der Waals surface area contributed by atoms with E-state index in [2.05, 4.69) is 15.5 Å². The van der Waals surface area contributed by atoms with Gasteiger partial charge in [-0.05, 0) is 69.1 Å². The van der Waals surface area contributed by atoms with Crippen LogP contribution in [0.25, 0.3) is 0 Å². The number of esters is 1. The summed E-state index contributed by atoms with van der Waals surface area (Å²) in [5, 5.41) is 12.0. The zero-order chi connectivity index (χ0) is 29.7. The average molecular weight is 624 g/mol. The number of amides is 1. The average Bonchev–Trinajstić information content (AvgIpc) is 3.46. The molecule has 15 heteroatoms. The van der Waals surface area contributed by atoms with Crippen molar-refractivity contribution in [2.45, 2.75) is 99.2 Å². The van der Waals surface area contributed by atoms with E-state index in [1.807, 2.05) is 19.0 Å². The third-order valence-electron chi connectivity index (χ3n) is 8.28. The van der Waals surface area contributed by atoms with Crippen molar-refractivity contribution in [3.05, 3.63) is 11.8 Å². The minimum Gasteiger partial charge on any atom is -0.431 e. The molecule has 13 nitrogen and oxygen atoms in total. The molecular weight excluding hydrogens is 582 g/mol. The number of tetrazole rings is 1. The van der Waals surface area contributed by atoms with Crippen molar-refractivity contribution in [3.63, 3.8) is 0 Å². The highest BCUT2D eigenvalue weighted by Crippen LogP contribution is 2.45. The maximum atomic E-state index is 13.5. The van der Waals surface area contributed by atoms with Crippen LogP contribution in [0, 0.1) is 5.92 Å². The van der Waals surface area contributed by atoms with Crippen LogP contribution in [0.5, 0.6) is 0 Å². The molecule has 3 atom stereocenters. The summed E-state index contributed by atoms with van der Waals surface area (Å²) in [4.78, 5) is 43.1. The SMILES string of the molecule is CN(C)CCn1nnnc1SC[C@@]1(N)C(=O)N2C(C(=O)OC(OC(=O)OC3CCCCC3)C3CCCCC3)=CCS[C@H]21. The number of aromatic nitrogens is 4. The van der Waals surface area contributed by atoms with Gasteiger partial charge < -0.3 is 24.8 Å². The van der Waals surface area contributed by atoms with Gasteiger partial charge in [0, 0.05) is 24.0 Å². The fourth-order valence-corrected chi connectivity index (χ4v) is 8.24. The topological polar surface area (TPSA) is 155 Å². The molecule has 42 heavy (non-hydrogen) atoms. The summed E-state index contributed by atoms with van der Waals surface area (Å²) in [7, 11) is 3.94. The minimum absolute atomic E-state index is 0.119. The number of carbonyl (C=O) groups excluding carboxylic acids is 3. The molecule has 1 saturated heterocycles. The van der Waals surface area contributed by atoms with Gasteiger partial charge in [0.15, 0.2) is 0 Å². The van der Waals surface area contributed by atoms with Gasteiger partial charge in [0.2, 0.25) is 5.16 Å². The molecule has 2 N–H and O–H groups in total. The molecule has 1 unspecified atom stereocenters. The maximum absolute atomic E-state index is 13.5. The Labute approximate surface area is 254 Å². The number of nitrogens with two attached hydrogens (primary N) is 1. The van der Waals surface area contributed by atoms with Gasteiger partial charge in [-0.25, -0.2) is 14.3 Å². The van der Waals surface area contributed by atoms with Crippen molar-refractivity contribution < 1.29 is 28.6 Å². The van der Waals surface area contributed by atoms with Gasteiger partial charge in [-0.2, -0.15) is 0 Å². The van der Waals surface area contributed by atoms with E-state index in [1.165, 1.54) is 28.4 Å². The Morgan fingerprint density at radius 2 is 1.86 bits per heavy atom. The smallest absolute Gasteiger partial charge is 0.431 e. The minimum atomic E-state index is -1.20. The second kappa shape index (κ2) is 14.0. The van der Waals surface area contributed by atoms with Gasteiger partial charge >= 0.3 is 12.1 Å². The number of fused-ring (bicyclic) bond motifs is 1. The van der Waals surface area contributed by atoms with E-state index in [-0.39, 0.29) is 29.4 Å². The molecular formula is C27H41N7O6S2. The molecule has 0 radical (unpaired) electrons. The predicted octanol–water partition coefficient (Wildman–Crippen LogP) is 2.76. The summed E-state index contributed by atoms with van der Waals surface area (Å²) >= 11 is 2.81. The van der Waals surface area contributed by atoms with Gasteiger partial charge in [0.25, 0.3) is 12.2 Å². The van der Waals surface area contributed by atoms with Crippen molar-refractivity contribution in [3.8, 4) is 0 Å². The number of rotatable bonds is 11. The predicted molar refractivity (Wildman–Crippen MR) is 156 cm³/mol. The zero-order valence-electron chi connectivity index (χ0n) is 24.3. The fraction of sp³-hybridized carbons (Fsp3) is 0.778. The second-order valence-corrected chi connectivity index (χ2v) is 13.7. The van der Waals surface area contributed by atoms with E-state index < -0.39 is 29.3 Å². The van der Waals surface area contributed by atoms with E-state index in [1.54, 1.807) is 10.8 Å². The summed E-state index contributed by atoms with van der Waals surface area (Å²) in [6.45, 7) is 1.37. The van der Waals surface area contributed by atoms with Crippen molar-refractivity contribution in [1.29, 1.82) is 0 Å². The monoisotopic (exact) mass is 623 g/mol. The second-order valence-electron chi connectivity index (χ2n) is 11.7. The molecule has 1 aromatic heterocycles. The Hall–Kier alpha value is -2.36. The van der Waals surface area contributed by atoms with Gasteiger partial charge in [-0.3, -0.25) is 9.69 Å². The molecule has 5 rings (SSSR count). The number of carbonyl (C=O) groups is 3. The molecule has 3 heterocycles. The van der Waals surface area contributed by atoms with E-state index >= 15 is 0 Å². The highest BCUT2D eigenvalue weighted by molar-refractivity contribution is 8.01. The lowest BCUT2D eigenvalue weighted by atomic mass is 9.88. The summed E-state index contributed by atoms with van der Waals surface area (Å²) < 4.78 is 18.7. The van der Waals surface area contributed by atoms with Crippen LogP contribution in [0.4, 0.5) is 4.79 Å². The van der Waals surface area contributed by atoms with Gasteiger partial charge in [-0.1, -0.05) is 37.4 Å². The van der Waals surface area contributed by atoms with E-state index in [0.717, 1.165) is 70.8 Å². The summed E-state index contributed by atoms with van der Waals surface area (Å²) in [6.07, 6.45) is 9.04. The Balaban J connectivity index is 1.21. The first-order valence-corrected chi connectivity index (χ1v) is 16.9. The third-order valence-corrected chi connectivity index (χ3v) is 10.8. The molecule has 2 aliphatic heterocycles. The van der Waals surface area contributed by atoms with E-state index in [0.29, 0.717) is 17.5 Å². The zero-order valence-corrected chi connectivity index (χ0v) is 25.9. The van der Waals surface area contributed by atoms with Crippen molar-refractivity contribution in [2.24, 2.45) is 11.7 Å². The lowest BCUT2D eigenvalue weighted by molar-refractivity contribution is -0.185. The van der Waals surface area contributed by atoms with Crippen LogP contribution in [0.3, 0.4) is 0 Å². The molecule has 2 saturated carbocycles.